The molecule has 0 radical (unpaired) electrons. The lowest BCUT2D eigenvalue weighted by Crippen LogP contribution is -2.51. The van der Waals surface area contributed by atoms with Gasteiger partial charge in [-0.3, -0.25) is 9.59 Å². The van der Waals surface area contributed by atoms with E-state index in [1.807, 2.05) is 27.0 Å². The van der Waals surface area contributed by atoms with Gasteiger partial charge in [-0.05, 0) is 45.6 Å². The van der Waals surface area contributed by atoms with Gasteiger partial charge >= 0.3 is 6.09 Å². The SMILES string of the molecule is CC(C)(C)OC(=O)N1CCN(C(=O)CCc2c[nH]c3c2C(=O)CCC3)CC1. The molecule has 0 bridgehead atoms. The molecule has 1 fully saturated rings. The third-order valence-electron chi connectivity index (χ3n) is 5.05. The van der Waals surface area contributed by atoms with Gasteiger partial charge in [-0.2, -0.15) is 0 Å². The zero-order chi connectivity index (χ0) is 19.6. The van der Waals surface area contributed by atoms with E-state index >= 15 is 0 Å². The average molecular weight is 375 g/mol. The Balaban J connectivity index is 1.49. The molecule has 0 atom stereocenters. The second-order valence-electron chi connectivity index (χ2n) is 8.29. The molecule has 0 saturated carbocycles. The molecule has 0 aromatic carbocycles. The summed E-state index contributed by atoms with van der Waals surface area (Å²) < 4.78 is 5.38. The lowest BCUT2D eigenvalue weighted by atomic mass is 9.92. The topological polar surface area (TPSA) is 82.7 Å². The van der Waals surface area contributed by atoms with Gasteiger partial charge in [0.2, 0.25) is 5.91 Å². The van der Waals surface area contributed by atoms with E-state index in [0.29, 0.717) is 45.4 Å². The predicted octanol–water partition coefficient (Wildman–Crippen LogP) is 2.55. The van der Waals surface area contributed by atoms with Crippen LogP contribution >= 0.6 is 0 Å². The van der Waals surface area contributed by atoms with Crippen molar-refractivity contribution in [2.45, 2.75) is 58.5 Å². The molecule has 1 aromatic heterocycles. The first-order chi connectivity index (χ1) is 12.7. The Labute approximate surface area is 160 Å². The predicted molar refractivity (Wildman–Crippen MR) is 101 cm³/mol. The molecule has 1 aliphatic carbocycles. The molecule has 7 heteroatoms. The molecule has 0 unspecified atom stereocenters. The average Bonchev–Trinajstić information content (AvgIpc) is 3.03. The lowest BCUT2D eigenvalue weighted by Gasteiger charge is -2.35. The summed E-state index contributed by atoms with van der Waals surface area (Å²) in [6.45, 7) is 7.53. The minimum Gasteiger partial charge on any atom is -0.444 e. The molecule has 27 heavy (non-hydrogen) atoms. The maximum absolute atomic E-state index is 12.5. The van der Waals surface area contributed by atoms with Crippen molar-refractivity contribution in [3.05, 3.63) is 23.0 Å². The van der Waals surface area contributed by atoms with Crippen LogP contribution in [-0.4, -0.2) is 64.3 Å². The Kier molecular flexibility index (Phi) is 5.58. The molecular formula is C20H29N3O4. The molecule has 1 aromatic rings. The van der Waals surface area contributed by atoms with Gasteiger partial charge in [-0.1, -0.05) is 0 Å². The summed E-state index contributed by atoms with van der Waals surface area (Å²) in [6, 6.07) is 0. The number of aromatic amines is 1. The van der Waals surface area contributed by atoms with E-state index < -0.39 is 5.60 Å². The minimum absolute atomic E-state index is 0.0667. The molecule has 1 N–H and O–H groups in total. The lowest BCUT2D eigenvalue weighted by molar-refractivity contribution is -0.132. The van der Waals surface area contributed by atoms with Gasteiger partial charge in [0.1, 0.15) is 5.60 Å². The first kappa shape index (κ1) is 19.5. The second-order valence-corrected chi connectivity index (χ2v) is 8.29. The summed E-state index contributed by atoms with van der Waals surface area (Å²) >= 11 is 0. The van der Waals surface area contributed by atoms with Crippen molar-refractivity contribution in [3.63, 3.8) is 0 Å². The van der Waals surface area contributed by atoms with Crippen LogP contribution in [-0.2, 0) is 22.4 Å². The Morgan fingerprint density at radius 2 is 1.78 bits per heavy atom. The van der Waals surface area contributed by atoms with E-state index in [1.165, 1.54) is 0 Å². The number of amides is 2. The van der Waals surface area contributed by atoms with Crippen molar-refractivity contribution < 1.29 is 19.1 Å². The van der Waals surface area contributed by atoms with E-state index in [-0.39, 0.29) is 17.8 Å². The number of rotatable bonds is 3. The van der Waals surface area contributed by atoms with Crippen LogP contribution in [0.3, 0.4) is 0 Å². The number of ether oxygens (including phenoxy) is 1. The zero-order valence-electron chi connectivity index (χ0n) is 16.5. The molecule has 0 spiro atoms. The van der Waals surface area contributed by atoms with Gasteiger partial charge in [0.15, 0.2) is 5.78 Å². The quantitative estimate of drug-likeness (QED) is 0.880. The largest absolute Gasteiger partial charge is 0.444 e. The summed E-state index contributed by atoms with van der Waals surface area (Å²) in [7, 11) is 0. The maximum atomic E-state index is 12.5. The van der Waals surface area contributed by atoms with Crippen LogP contribution in [0.5, 0.6) is 0 Å². The van der Waals surface area contributed by atoms with E-state index in [1.54, 1.807) is 9.80 Å². The number of nitrogens with one attached hydrogen (secondary N) is 1. The van der Waals surface area contributed by atoms with Crippen molar-refractivity contribution in [1.82, 2.24) is 14.8 Å². The molecule has 148 valence electrons. The van der Waals surface area contributed by atoms with Crippen LogP contribution < -0.4 is 0 Å². The summed E-state index contributed by atoms with van der Waals surface area (Å²) in [6.07, 6.45) is 4.90. The van der Waals surface area contributed by atoms with E-state index in [4.69, 9.17) is 4.74 Å². The van der Waals surface area contributed by atoms with E-state index in [0.717, 1.165) is 29.7 Å². The van der Waals surface area contributed by atoms with Crippen molar-refractivity contribution in [2.24, 2.45) is 0 Å². The fourth-order valence-electron chi connectivity index (χ4n) is 3.67. The summed E-state index contributed by atoms with van der Waals surface area (Å²) in [5.41, 5.74) is 2.26. The van der Waals surface area contributed by atoms with Crippen LogP contribution in [0, 0.1) is 0 Å². The molecular weight excluding hydrogens is 346 g/mol. The number of H-pyrrole nitrogens is 1. The third-order valence-corrected chi connectivity index (χ3v) is 5.05. The molecule has 3 rings (SSSR count). The smallest absolute Gasteiger partial charge is 0.410 e. The van der Waals surface area contributed by atoms with Crippen LogP contribution in [0.2, 0.25) is 0 Å². The third kappa shape index (κ3) is 4.70. The highest BCUT2D eigenvalue weighted by atomic mass is 16.6. The van der Waals surface area contributed by atoms with E-state index in [9.17, 15) is 14.4 Å². The monoisotopic (exact) mass is 375 g/mol. The fourth-order valence-corrected chi connectivity index (χ4v) is 3.67. The summed E-state index contributed by atoms with van der Waals surface area (Å²) in [5.74, 6) is 0.253. The van der Waals surface area contributed by atoms with Crippen LogP contribution in [0.25, 0.3) is 0 Å². The number of hydrogen-bond acceptors (Lipinski definition) is 4. The number of ketones is 1. The van der Waals surface area contributed by atoms with Gasteiger partial charge in [-0.15, -0.1) is 0 Å². The fraction of sp³-hybridized carbons (Fsp3) is 0.650. The van der Waals surface area contributed by atoms with Crippen LogP contribution in [0.4, 0.5) is 4.79 Å². The highest BCUT2D eigenvalue weighted by Crippen LogP contribution is 2.25. The number of aromatic nitrogens is 1. The number of carbonyl (C=O) groups is 3. The molecule has 1 saturated heterocycles. The molecule has 1 aliphatic heterocycles. The van der Waals surface area contributed by atoms with Crippen molar-refractivity contribution in [1.29, 1.82) is 0 Å². The van der Waals surface area contributed by atoms with Crippen molar-refractivity contribution in [2.75, 3.05) is 26.2 Å². The standard InChI is InChI=1S/C20H29N3O4/c1-20(2,3)27-19(26)23-11-9-22(10-12-23)17(25)8-7-14-13-21-15-5-4-6-16(24)18(14)15/h13,21H,4-12H2,1-3H3. The van der Waals surface area contributed by atoms with Crippen molar-refractivity contribution in [3.8, 4) is 0 Å². The number of piperazine rings is 1. The number of hydrogen-bond donors (Lipinski definition) is 1. The molecule has 7 nitrogen and oxygen atoms in total. The maximum Gasteiger partial charge on any atom is 0.410 e. The normalized spacial score (nSPS) is 17.7. The summed E-state index contributed by atoms with van der Waals surface area (Å²) in [5, 5.41) is 0. The van der Waals surface area contributed by atoms with Gasteiger partial charge < -0.3 is 19.5 Å². The van der Waals surface area contributed by atoms with Crippen molar-refractivity contribution >= 4 is 17.8 Å². The van der Waals surface area contributed by atoms with Gasteiger partial charge in [0.05, 0.1) is 0 Å². The number of fused-ring (bicyclic) bond motifs is 1. The Hall–Kier alpha value is -2.31. The molecule has 2 amide bonds. The first-order valence-corrected chi connectivity index (χ1v) is 9.72. The van der Waals surface area contributed by atoms with Gasteiger partial charge in [0.25, 0.3) is 0 Å². The van der Waals surface area contributed by atoms with Gasteiger partial charge in [-0.25, -0.2) is 4.79 Å². The van der Waals surface area contributed by atoms with Crippen LogP contribution in [0.15, 0.2) is 6.20 Å². The number of aryl methyl sites for hydroxylation is 2. The summed E-state index contributed by atoms with van der Waals surface area (Å²) in [4.78, 5) is 43.4. The van der Waals surface area contributed by atoms with E-state index in [2.05, 4.69) is 4.98 Å². The number of carbonyl (C=O) groups excluding carboxylic acids is 3. The molecule has 2 aliphatic rings. The Morgan fingerprint density at radius 1 is 1.11 bits per heavy atom. The van der Waals surface area contributed by atoms with Crippen LogP contribution in [0.1, 0.15) is 61.6 Å². The zero-order valence-corrected chi connectivity index (χ0v) is 16.5. The Morgan fingerprint density at radius 3 is 2.44 bits per heavy atom. The number of nitrogens with zero attached hydrogens (tertiary/aromatic N) is 2. The van der Waals surface area contributed by atoms with Gasteiger partial charge in [0, 0.05) is 56.5 Å². The highest BCUT2D eigenvalue weighted by molar-refractivity contribution is 5.99. The first-order valence-electron chi connectivity index (χ1n) is 9.72. The number of Topliss-reactive ketones (excluding diaryl/α,β-unsaturated/α-hetero) is 1. The molecule has 2 heterocycles. The highest BCUT2D eigenvalue weighted by Gasteiger charge is 2.28. The minimum atomic E-state index is -0.517. The second kappa shape index (κ2) is 7.74. The Bertz CT molecular complexity index is 724.